The van der Waals surface area contributed by atoms with Crippen LogP contribution in [0.25, 0.3) is 0 Å². The second-order valence-corrected chi connectivity index (χ2v) is 9.15. The molecule has 3 aromatic carbocycles. The van der Waals surface area contributed by atoms with E-state index in [0.29, 0.717) is 18.0 Å². The second kappa shape index (κ2) is 10.5. The predicted octanol–water partition coefficient (Wildman–Crippen LogP) is 4.54. The highest BCUT2D eigenvalue weighted by atomic mass is 16.7. The molecule has 2 amide bonds. The van der Waals surface area contributed by atoms with E-state index in [0.717, 1.165) is 17.5 Å². The molecule has 37 heavy (non-hydrogen) atoms. The Morgan fingerprint density at radius 1 is 0.946 bits per heavy atom. The molecule has 0 aliphatic carbocycles. The SMILES string of the molecule is CCCOc1ccc(N2C(=O)[C@H]3[C@@H](c4ccccc4)N([C@H](CC(=O)O)c4ccccc4)O[C@H]3C2=O)cc1. The lowest BCUT2D eigenvalue weighted by molar-refractivity contribution is -0.197. The van der Waals surface area contributed by atoms with Crippen LogP contribution in [-0.2, 0) is 19.2 Å². The summed E-state index contributed by atoms with van der Waals surface area (Å²) in [7, 11) is 0. The zero-order valence-electron chi connectivity index (χ0n) is 20.4. The van der Waals surface area contributed by atoms with Crippen molar-refractivity contribution in [3.05, 3.63) is 96.1 Å². The van der Waals surface area contributed by atoms with Crippen LogP contribution in [0.4, 0.5) is 5.69 Å². The lowest BCUT2D eigenvalue weighted by atomic mass is 9.89. The van der Waals surface area contributed by atoms with Gasteiger partial charge >= 0.3 is 5.97 Å². The number of aliphatic carboxylic acids is 1. The molecule has 5 rings (SSSR count). The normalized spacial score (nSPS) is 22.2. The number of anilines is 1. The Bertz CT molecular complexity index is 1260. The van der Waals surface area contributed by atoms with Crippen LogP contribution in [0.1, 0.15) is 43.0 Å². The van der Waals surface area contributed by atoms with E-state index in [-0.39, 0.29) is 12.3 Å². The first kappa shape index (κ1) is 24.7. The van der Waals surface area contributed by atoms with Gasteiger partial charge in [0.25, 0.3) is 5.91 Å². The minimum Gasteiger partial charge on any atom is -0.494 e. The molecule has 2 saturated heterocycles. The number of carboxylic acids is 1. The molecule has 2 aliphatic rings. The summed E-state index contributed by atoms with van der Waals surface area (Å²) >= 11 is 0. The number of hydrogen-bond acceptors (Lipinski definition) is 6. The van der Waals surface area contributed by atoms with Crippen LogP contribution in [0.15, 0.2) is 84.9 Å². The first-order chi connectivity index (χ1) is 18.0. The van der Waals surface area contributed by atoms with Crippen molar-refractivity contribution < 1.29 is 29.1 Å². The Balaban J connectivity index is 1.51. The highest BCUT2D eigenvalue weighted by Crippen LogP contribution is 2.49. The van der Waals surface area contributed by atoms with Crippen molar-refractivity contribution >= 4 is 23.5 Å². The predicted molar refractivity (Wildman–Crippen MR) is 136 cm³/mol. The van der Waals surface area contributed by atoms with E-state index in [1.54, 1.807) is 29.3 Å². The van der Waals surface area contributed by atoms with Crippen molar-refractivity contribution in [1.29, 1.82) is 0 Å². The maximum atomic E-state index is 13.8. The molecule has 2 fully saturated rings. The van der Waals surface area contributed by atoms with E-state index in [1.807, 2.05) is 67.6 Å². The monoisotopic (exact) mass is 500 g/mol. The number of fused-ring (bicyclic) bond motifs is 1. The van der Waals surface area contributed by atoms with Gasteiger partial charge in [0.1, 0.15) is 5.75 Å². The van der Waals surface area contributed by atoms with E-state index in [4.69, 9.17) is 9.57 Å². The summed E-state index contributed by atoms with van der Waals surface area (Å²) in [6.07, 6.45) is -0.443. The van der Waals surface area contributed by atoms with Gasteiger partial charge in [0.05, 0.1) is 36.7 Å². The van der Waals surface area contributed by atoms with Gasteiger partial charge in [-0.2, -0.15) is 5.06 Å². The highest BCUT2D eigenvalue weighted by Gasteiger charge is 2.61. The lowest BCUT2D eigenvalue weighted by Crippen LogP contribution is -2.39. The molecule has 4 atom stereocenters. The molecular weight excluding hydrogens is 472 g/mol. The van der Waals surface area contributed by atoms with Crippen LogP contribution in [-0.4, -0.2) is 40.7 Å². The number of benzene rings is 3. The molecule has 3 aromatic rings. The molecule has 2 aliphatic heterocycles. The molecule has 0 radical (unpaired) electrons. The van der Waals surface area contributed by atoms with Crippen molar-refractivity contribution in [2.45, 2.75) is 38.0 Å². The number of amides is 2. The van der Waals surface area contributed by atoms with Crippen molar-refractivity contribution in [2.24, 2.45) is 5.92 Å². The molecule has 0 bridgehead atoms. The van der Waals surface area contributed by atoms with E-state index >= 15 is 0 Å². The van der Waals surface area contributed by atoms with Crippen LogP contribution in [0.2, 0.25) is 0 Å². The molecule has 8 heteroatoms. The minimum absolute atomic E-state index is 0.252. The number of carbonyl (C=O) groups is 3. The quantitative estimate of drug-likeness (QED) is 0.431. The summed E-state index contributed by atoms with van der Waals surface area (Å²) in [4.78, 5) is 46.6. The van der Waals surface area contributed by atoms with Gasteiger partial charge in [-0.1, -0.05) is 67.6 Å². The molecule has 0 aromatic heterocycles. The summed E-state index contributed by atoms with van der Waals surface area (Å²) in [5, 5.41) is 11.2. The Morgan fingerprint density at radius 2 is 1.59 bits per heavy atom. The molecule has 0 saturated carbocycles. The third kappa shape index (κ3) is 4.73. The molecule has 2 heterocycles. The van der Waals surface area contributed by atoms with Gasteiger partial charge in [0, 0.05) is 0 Å². The van der Waals surface area contributed by atoms with Gasteiger partial charge in [0.15, 0.2) is 6.10 Å². The fraction of sp³-hybridized carbons (Fsp3) is 0.276. The summed E-state index contributed by atoms with van der Waals surface area (Å²) < 4.78 is 5.62. The molecule has 190 valence electrons. The largest absolute Gasteiger partial charge is 0.494 e. The van der Waals surface area contributed by atoms with E-state index in [2.05, 4.69) is 0 Å². The molecular formula is C29H28N2O6. The maximum Gasteiger partial charge on any atom is 0.305 e. The standard InChI is InChI=1S/C29H28N2O6/c1-2-17-36-22-15-13-21(14-16-22)30-28(34)25-26(20-11-7-4-8-12-20)31(37-27(25)29(30)35)23(18-24(32)33)19-9-5-3-6-10-19/h3-16,23,25-27H,2,17-18H2,1H3,(H,32,33)/t23-,25+,26-,27-/m1/s1. The topological polar surface area (TPSA) is 96.4 Å². The molecule has 8 nitrogen and oxygen atoms in total. The van der Waals surface area contributed by atoms with Gasteiger partial charge in [0.2, 0.25) is 5.91 Å². The second-order valence-electron chi connectivity index (χ2n) is 9.15. The Labute approximate surface area is 215 Å². The zero-order chi connectivity index (χ0) is 25.9. The number of ether oxygens (including phenoxy) is 1. The fourth-order valence-electron chi connectivity index (χ4n) is 5.07. The first-order valence-corrected chi connectivity index (χ1v) is 12.4. The maximum absolute atomic E-state index is 13.8. The average Bonchev–Trinajstić information content (AvgIpc) is 3.42. The summed E-state index contributed by atoms with van der Waals surface area (Å²) in [5.74, 6) is -2.02. The van der Waals surface area contributed by atoms with Crippen molar-refractivity contribution in [3.63, 3.8) is 0 Å². The average molecular weight is 501 g/mol. The lowest BCUT2D eigenvalue weighted by Gasteiger charge is -2.33. The summed E-state index contributed by atoms with van der Waals surface area (Å²) in [6, 6.07) is 23.9. The van der Waals surface area contributed by atoms with Gasteiger partial charge in [-0.3, -0.25) is 19.2 Å². The first-order valence-electron chi connectivity index (χ1n) is 12.4. The molecule has 1 N–H and O–H groups in total. The fourth-order valence-corrected chi connectivity index (χ4v) is 5.07. The van der Waals surface area contributed by atoms with Crippen LogP contribution >= 0.6 is 0 Å². The molecule has 0 spiro atoms. The summed E-state index contributed by atoms with van der Waals surface area (Å²) in [6.45, 7) is 2.59. The van der Waals surface area contributed by atoms with Gasteiger partial charge < -0.3 is 9.84 Å². The number of nitrogens with zero attached hydrogens (tertiary/aromatic N) is 2. The van der Waals surface area contributed by atoms with Gasteiger partial charge in [-0.05, 0) is 41.8 Å². The van der Waals surface area contributed by atoms with Crippen LogP contribution < -0.4 is 9.64 Å². The Hall–Kier alpha value is -4.01. The number of hydrogen-bond donors (Lipinski definition) is 1. The third-order valence-electron chi connectivity index (χ3n) is 6.71. The smallest absolute Gasteiger partial charge is 0.305 e. The van der Waals surface area contributed by atoms with Crippen molar-refractivity contribution in [3.8, 4) is 5.75 Å². The Kier molecular flexibility index (Phi) is 7.03. The van der Waals surface area contributed by atoms with Gasteiger partial charge in [-0.25, -0.2) is 4.90 Å². The number of imide groups is 1. The van der Waals surface area contributed by atoms with E-state index in [1.165, 1.54) is 4.90 Å². The highest BCUT2D eigenvalue weighted by molar-refractivity contribution is 6.23. The van der Waals surface area contributed by atoms with Crippen LogP contribution in [0.3, 0.4) is 0 Å². The van der Waals surface area contributed by atoms with Crippen LogP contribution in [0.5, 0.6) is 5.75 Å². The number of carbonyl (C=O) groups excluding carboxylic acids is 2. The number of rotatable bonds is 9. The zero-order valence-corrected chi connectivity index (χ0v) is 20.4. The summed E-state index contributed by atoms with van der Waals surface area (Å²) in [5.41, 5.74) is 1.94. The van der Waals surface area contributed by atoms with Crippen molar-refractivity contribution in [1.82, 2.24) is 5.06 Å². The minimum atomic E-state index is -1.06. The molecule has 0 unspecified atom stereocenters. The van der Waals surface area contributed by atoms with Gasteiger partial charge in [-0.15, -0.1) is 0 Å². The van der Waals surface area contributed by atoms with Crippen LogP contribution in [0, 0.1) is 5.92 Å². The number of carboxylic acid groups (broad SMARTS) is 1. The van der Waals surface area contributed by atoms with E-state index in [9.17, 15) is 19.5 Å². The number of hydroxylamine groups is 2. The Morgan fingerprint density at radius 3 is 2.22 bits per heavy atom. The third-order valence-corrected chi connectivity index (χ3v) is 6.71. The van der Waals surface area contributed by atoms with Crippen molar-refractivity contribution in [2.75, 3.05) is 11.5 Å². The van der Waals surface area contributed by atoms with E-state index < -0.39 is 36.0 Å².